The van der Waals surface area contributed by atoms with Crippen LogP contribution < -0.4 is 5.32 Å². The van der Waals surface area contributed by atoms with Crippen LogP contribution in [-0.2, 0) is 28.5 Å². The van der Waals surface area contributed by atoms with Gasteiger partial charge in [0, 0.05) is 49.5 Å². The molecule has 9 nitrogen and oxygen atoms in total. The van der Waals surface area contributed by atoms with Crippen LogP contribution in [0, 0.1) is 5.41 Å². The van der Waals surface area contributed by atoms with Gasteiger partial charge in [0.1, 0.15) is 0 Å². The number of alkyl halides is 3. The van der Waals surface area contributed by atoms with Gasteiger partial charge in [-0.05, 0) is 66.1 Å². The maximum atomic E-state index is 13.2. The van der Waals surface area contributed by atoms with Gasteiger partial charge in [0.25, 0.3) is 5.91 Å². The van der Waals surface area contributed by atoms with E-state index < -0.39 is 29.8 Å². The minimum Gasteiger partial charge on any atom is -0.435 e. The molecule has 2 N–H and O–H groups in total. The van der Waals surface area contributed by atoms with Crippen LogP contribution in [0.15, 0.2) is 77.1 Å². The average molecular weight is 592 g/mol. The van der Waals surface area contributed by atoms with Gasteiger partial charge in [-0.25, -0.2) is 9.59 Å². The molecule has 0 unspecified atom stereocenters. The standard InChI is InChI=1S/C31H28F3N5O4/c32-31(33,34)24-10-7-8-22(20-24)21-27(28(40)36-16-6-2-1-5-15-35)43-30(42)38-17-13-25(14-18-38)39-19-12-23-9-3-4-11-26(23)37-29(39)41/h1-4,7-11,20,25,27,35H,12-14,17-19,21H2,(H,37,41)/t27-/m1/s1. The number of urea groups is 1. The van der Waals surface area contributed by atoms with Gasteiger partial charge < -0.3 is 19.9 Å². The molecule has 1 atom stereocenters. The zero-order valence-electron chi connectivity index (χ0n) is 23.0. The Balaban J connectivity index is 1.43. The SMILES string of the molecule is N=C=C=CC=C=C=NC(=O)[C@@H](Cc1cccc(C(F)(F)F)c1)OC(=O)N1CCC(N2CCc3ccccc3NC2=O)CC1. The van der Waals surface area contributed by atoms with Gasteiger partial charge in [0.15, 0.2) is 6.10 Å². The van der Waals surface area contributed by atoms with Crippen molar-refractivity contribution in [2.45, 2.75) is 44.0 Å². The summed E-state index contributed by atoms with van der Waals surface area (Å²) in [5.41, 5.74) is 5.79. The second-order valence-corrected chi connectivity index (χ2v) is 9.83. The Bertz CT molecular complexity index is 1550. The first-order valence-corrected chi connectivity index (χ1v) is 13.5. The van der Waals surface area contributed by atoms with Gasteiger partial charge >= 0.3 is 18.3 Å². The van der Waals surface area contributed by atoms with Crippen molar-refractivity contribution in [3.05, 3.63) is 88.8 Å². The lowest BCUT2D eigenvalue weighted by Gasteiger charge is -2.37. The van der Waals surface area contributed by atoms with Crippen molar-refractivity contribution in [1.29, 1.82) is 5.41 Å². The molecule has 4 rings (SSSR count). The Morgan fingerprint density at radius 2 is 1.84 bits per heavy atom. The highest BCUT2D eigenvalue weighted by atomic mass is 19.4. The monoisotopic (exact) mass is 591 g/mol. The largest absolute Gasteiger partial charge is 0.435 e. The maximum absolute atomic E-state index is 13.2. The van der Waals surface area contributed by atoms with Crippen LogP contribution in [0.3, 0.4) is 0 Å². The molecule has 0 radical (unpaired) electrons. The Labute approximate surface area is 245 Å². The molecule has 222 valence electrons. The highest BCUT2D eigenvalue weighted by Gasteiger charge is 2.34. The van der Waals surface area contributed by atoms with Crippen LogP contribution in [-0.4, -0.2) is 71.4 Å². The van der Waals surface area contributed by atoms with E-state index in [4.69, 9.17) is 10.1 Å². The molecule has 1 fully saturated rings. The fraction of sp³-hybridized carbons (Fsp3) is 0.323. The molecule has 0 aliphatic carbocycles. The molecular formula is C31H28F3N5O4. The number of carbonyl (C=O) groups excluding carboxylic acids is 3. The molecule has 43 heavy (non-hydrogen) atoms. The Morgan fingerprint density at radius 1 is 1.09 bits per heavy atom. The minimum atomic E-state index is -4.59. The zero-order valence-corrected chi connectivity index (χ0v) is 23.0. The summed E-state index contributed by atoms with van der Waals surface area (Å²) in [5, 5.41) is 9.69. The number of anilines is 1. The summed E-state index contributed by atoms with van der Waals surface area (Å²) in [7, 11) is 0. The lowest BCUT2D eigenvalue weighted by Crippen LogP contribution is -2.50. The van der Waals surface area contributed by atoms with Crippen LogP contribution in [0.4, 0.5) is 28.4 Å². The van der Waals surface area contributed by atoms with Gasteiger partial charge in [-0.1, -0.05) is 36.4 Å². The van der Waals surface area contributed by atoms with E-state index in [1.807, 2.05) is 30.1 Å². The van der Waals surface area contributed by atoms with Crippen molar-refractivity contribution in [2.75, 3.05) is 25.0 Å². The number of fused-ring (bicyclic) bond motifs is 1. The van der Waals surface area contributed by atoms with Crippen LogP contribution in [0.25, 0.3) is 0 Å². The summed E-state index contributed by atoms with van der Waals surface area (Å²) in [6, 6.07) is 11.7. The number of likely N-dealkylation sites (tertiary alicyclic amines) is 1. The molecule has 0 saturated carbocycles. The number of aliphatic imine (C=N–C) groups is 1. The predicted octanol–water partition coefficient (Wildman–Crippen LogP) is 5.18. The summed E-state index contributed by atoms with van der Waals surface area (Å²) in [6.45, 7) is 1.03. The summed E-state index contributed by atoms with van der Waals surface area (Å²) in [5.74, 6) is 3.20. The molecule has 2 heterocycles. The smallest absolute Gasteiger partial charge is 0.416 e. The first kappa shape index (κ1) is 30.8. The zero-order chi connectivity index (χ0) is 30.8. The second kappa shape index (κ2) is 14.2. The predicted molar refractivity (Wildman–Crippen MR) is 152 cm³/mol. The summed E-state index contributed by atoms with van der Waals surface area (Å²) in [4.78, 5) is 45.6. The quantitative estimate of drug-likeness (QED) is 0.274. The lowest BCUT2D eigenvalue weighted by molar-refractivity contribution is -0.137. The van der Waals surface area contributed by atoms with Crippen molar-refractivity contribution < 1.29 is 32.3 Å². The van der Waals surface area contributed by atoms with Crippen molar-refractivity contribution in [1.82, 2.24) is 9.80 Å². The number of halogens is 3. The first-order valence-electron chi connectivity index (χ1n) is 13.5. The molecule has 0 bridgehead atoms. The fourth-order valence-corrected chi connectivity index (χ4v) is 4.88. The molecule has 2 aromatic rings. The molecule has 2 aromatic carbocycles. The molecule has 0 spiro atoms. The Morgan fingerprint density at radius 3 is 2.58 bits per heavy atom. The third kappa shape index (κ3) is 8.46. The van der Waals surface area contributed by atoms with Gasteiger partial charge in [-0.15, -0.1) is 0 Å². The number of piperidine rings is 1. The van der Waals surface area contributed by atoms with E-state index in [9.17, 15) is 27.6 Å². The number of rotatable bonds is 6. The summed E-state index contributed by atoms with van der Waals surface area (Å²) in [6.07, 6.45) is -3.07. The Kier molecular flexibility index (Phi) is 10.2. The highest BCUT2D eigenvalue weighted by molar-refractivity contribution is 5.91. The first-order chi connectivity index (χ1) is 20.7. The van der Waals surface area contributed by atoms with Gasteiger partial charge in [-0.2, -0.15) is 18.2 Å². The number of nitrogens with one attached hydrogen (secondary N) is 2. The van der Waals surface area contributed by atoms with Crippen molar-refractivity contribution in [3.63, 3.8) is 0 Å². The third-order valence-corrected chi connectivity index (χ3v) is 7.05. The van der Waals surface area contributed by atoms with Crippen molar-refractivity contribution in [2.24, 2.45) is 4.99 Å². The number of hydrogen-bond donors (Lipinski definition) is 2. The minimum absolute atomic E-state index is 0.112. The normalized spacial score (nSPS) is 15.7. The van der Waals surface area contributed by atoms with E-state index in [2.05, 4.69) is 27.6 Å². The molecule has 0 aromatic heterocycles. The van der Waals surface area contributed by atoms with Gasteiger partial charge in [0.05, 0.1) is 5.56 Å². The molecule has 2 aliphatic rings. The second-order valence-electron chi connectivity index (χ2n) is 9.83. The Hall–Kier alpha value is -5.10. The number of hydrogen-bond acceptors (Lipinski definition) is 5. The highest BCUT2D eigenvalue weighted by Crippen LogP contribution is 2.30. The summed E-state index contributed by atoms with van der Waals surface area (Å²) >= 11 is 0. The van der Waals surface area contributed by atoms with Gasteiger partial charge in [0.2, 0.25) is 0 Å². The van der Waals surface area contributed by atoms with Crippen LogP contribution in [0.5, 0.6) is 0 Å². The number of amides is 4. The van der Waals surface area contributed by atoms with Crippen LogP contribution in [0.2, 0.25) is 0 Å². The average Bonchev–Trinajstić information content (AvgIpc) is 3.16. The number of para-hydroxylation sites is 1. The van der Waals surface area contributed by atoms with E-state index in [1.54, 1.807) is 4.90 Å². The van der Waals surface area contributed by atoms with E-state index >= 15 is 0 Å². The van der Waals surface area contributed by atoms with Gasteiger partial charge in [-0.3, -0.25) is 10.2 Å². The molecule has 4 amide bonds. The van der Waals surface area contributed by atoms with E-state index in [-0.39, 0.29) is 37.1 Å². The number of benzene rings is 2. The fourth-order valence-electron chi connectivity index (χ4n) is 4.88. The molecular weight excluding hydrogens is 563 g/mol. The number of nitrogens with zero attached hydrogens (tertiary/aromatic N) is 3. The number of carbonyl (C=O) groups is 3. The van der Waals surface area contributed by atoms with Crippen LogP contribution >= 0.6 is 0 Å². The topological polar surface area (TPSA) is 115 Å². The summed E-state index contributed by atoms with van der Waals surface area (Å²) < 4.78 is 45.2. The third-order valence-electron chi connectivity index (χ3n) is 7.05. The van der Waals surface area contributed by atoms with Crippen LogP contribution in [0.1, 0.15) is 29.5 Å². The molecule has 2 aliphatic heterocycles. The van der Waals surface area contributed by atoms with E-state index in [0.29, 0.717) is 25.8 Å². The number of allylic oxidation sites excluding steroid dienone is 2. The molecule has 1 saturated heterocycles. The lowest BCUT2D eigenvalue weighted by atomic mass is 10.0. The number of ether oxygens (including phenoxy) is 1. The van der Waals surface area contributed by atoms with Crippen molar-refractivity contribution in [3.8, 4) is 0 Å². The van der Waals surface area contributed by atoms with E-state index in [1.165, 1.54) is 29.2 Å². The van der Waals surface area contributed by atoms with Crippen molar-refractivity contribution >= 4 is 35.5 Å². The maximum Gasteiger partial charge on any atom is 0.416 e. The van der Waals surface area contributed by atoms with E-state index in [0.717, 1.165) is 23.4 Å². The molecule has 12 heteroatoms.